The third-order valence-corrected chi connectivity index (χ3v) is 7.81. The molecule has 0 spiro atoms. The van der Waals surface area contributed by atoms with Crippen molar-refractivity contribution in [2.45, 2.75) is 17.4 Å². The van der Waals surface area contributed by atoms with Crippen molar-refractivity contribution in [2.24, 2.45) is 0 Å². The predicted molar refractivity (Wildman–Crippen MR) is 86.2 cm³/mol. The molecule has 1 fully saturated rings. The molecule has 1 atom stereocenters. The van der Waals surface area contributed by atoms with Crippen LogP contribution >= 0.6 is 23.2 Å². The largest absolute Gasteiger partial charge is 0.256 e. The van der Waals surface area contributed by atoms with E-state index in [4.69, 9.17) is 23.2 Å². The Balaban J connectivity index is 2.45. The molecule has 1 aromatic carbocycles. The quantitative estimate of drug-likeness (QED) is 0.735. The lowest BCUT2D eigenvalue weighted by Gasteiger charge is -2.32. The van der Waals surface area contributed by atoms with Crippen LogP contribution in [0.1, 0.15) is 6.42 Å². The summed E-state index contributed by atoms with van der Waals surface area (Å²) in [5, 5.41) is 1.75. The van der Waals surface area contributed by atoms with E-state index >= 15 is 0 Å². The number of hydrogen-bond donors (Lipinski definition) is 0. The summed E-state index contributed by atoms with van der Waals surface area (Å²) >= 11 is 11.7. The van der Waals surface area contributed by atoms with E-state index < -0.39 is 25.9 Å². The summed E-state index contributed by atoms with van der Waals surface area (Å²) in [6.07, 6.45) is 0.265. The molecule has 22 heavy (non-hydrogen) atoms. The van der Waals surface area contributed by atoms with Crippen LogP contribution in [-0.4, -0.2) is 57.9 Å². The highest BCUT2D eigenvalue weighted by molar-refractivity contribution is 7.92. The second kappa shape index (κ2) is 6.26. The third-order valence-electron chi connectivity index (χ3n) is 3.35. The van der Waals surface area contributed by atoms with Crippen LogP contribution in [0, 0.1) is 0 Å². The Morgan fingerprint density at radius 3 is 2.27 bits per heavy atom. The maximum atomic E-state index is 12.8. The number of sulfonamides is 1. The summed E-state index contributed by atoms with van der Waals surface area (Å²) in [6, 6.07) is 3.39. The lowest BCUT2D eigenvalue weighted by atomic mass is 10.3. The van der Waals surface area contributed by atoms with Crippen molar-refractivity contribution < 1.29 is 16.8 Å². The van der Waals surface area contributed by atoms with E-state index in [0.717, 1.165) is 4.41 Å². The minimum absolute atomic E-state index is 0.0150. The van der Waals surface area contributed by atoms with Crippen LogP contribution in [0.2, 0.25) is 10.0 Å². The van der Waals surface area contributed by atoms with Crippen molar-refractivity contribution in [3.05, 3.63) is 28.2 Å². The summed E-state index contributed by atoms with van der Waals surface area (Å²) in [4.78, 5) is -0.0279. The predicted octanol–water partition coefficient (Wildman–Crippen LogP) is 1.65. The monoisotopic (exact) mass is 386 g/mol. The van der Waals surface area contributed by atoms with E-state index in [1.807, 2.05) is 0 Å². The van der Waals surface area contributed by atoms with Gasteiger partial charge in [0.1, 0.15) is 0 Å². The minimum atomic E-state index is -3.92. The molecule has 0 unspecified atom stereocenters. The van der Waals surface area contributed by atoms with Crippen LogP contribution in [0.5, 0.6) is 0 Å². The molecule has 124 valence electrons. The van der Waals surface area contributed by atoms with Crippen molar-refractivity contribution in [1.29, 1.82) is 0 Å². The Morgan fingerprint density at radius 2 is 1.82 bits per heavy atom. The molecule has 2 rings (SSSR count). The fraction of sp³-hybridized carbons (Fsp3) is 0.500. The van der Waals surface area contributed by atoms with E-state index in [9.17, 15) is 16.8 Å². The number of sulfone groups is 1. The normalized spacial score (nSPS) is 21.6. The molecule has 0 aromatic heterocycles. The van der Waals surface area contributed by atoms with Crippen molar-refractivity contribution in [2.75, 3.05) is 25.6 Å². The van der Waals surface area contributed by atoms with Gasteiger partial charge in [-0.1, -0.05) is 23.2 Å². The number of nitrogens with zero attached hydrogens (tertiary/aromatic N) is 2. The first-order valence-corrected chi connectivity index (χ1v) is 10.4. The zero-order chi connectivity index (χ0) is 16.7. The highest BCUT2D eigenvalue weighted by atomic mass is 35.5. The second-order valence-electron chi connectivity index (χ2n) is 5.26. The van der Waals surface area contributed by atoms with Gasteiger partial charge in [0, 0.05) is 14.1 Å². The molecule has 1 saturated heterocycles. The fourth-order valence-corrected chi connectivity index (χ4v) is 6.31. The standard InChI is InChI=1S/C12H16Cl2N2O4S2/c1-15(2)16(9-5-6-21(17,18)8-9)22(19,20)10-3-4-11(13)12(14)7-10/h3-4,7,9H,5-6,8H2,1-2H3/t9-/m0/s1. The van der Waals surface area contributed by atoms with E-state index in [2.05, 4.69) is 0 Å². The maximum Gasteiger partial charge on any atom is 0.256 e. The number of halogens is 2. The van der Waals surface area contributed by atoms with Crippen molar-refractivity contribution in [1.82, 2.24) is 9.42 Å². The lowest BCUT2D eigenvalue weighted by molar-refractivity contribution is 0.0893. The van der Waals surface area contributed by atoms with Crippen LogP contribution in [0.3, 0.4) is 0 Å². The molecule has 1 heterocycles. The zero-order valence-electron chi connectivity index (χ0n) is 12.0. The highest BCUT2D eigenvalue weighted by Gasteiger charge is 2.40. The first-order valence-electron chi connectivity index (χ1n) is 6.42. The maximum absolute atomic E-state index is 12.8. The molecule has 0 aliphatic carbocycles. The molecule has 1 aromatic rings. The molecule has 0 radical (unpaired) electrons. The average molecular weight is 387 g/mol. The Morgan fingerprint density at radius 1 is 1.18 bits per heavy atom. The van der Waals surface area contributed by atoms with Gasteiger partial charge in [-0.05, 0) is 24.6 Å². The van der Waals surface area contributed by atoms with Crippen molar-refractivity contribution in [3.8, 4) is 0 Å². The van der Waals surface area contributed by atoms with Crippen LogP contribution in [-0.2, 0) is 19.9 Å². The molecule has 1 aliphatic rings. The van der Waals surface area contributed by atoms with Gasteiger partial charge < -0.3 is 0 Å². The van der Waals surface area contributed by atoms with Gasteiger partial charge in [0.2, 0.25) is 0 Å². The highest BCUT2D eigenvalue weighted by Crippen LogP contribution is 2.29. The second-order valence-corrected chi connectivity index (χ2v) is 10.1. The number of benzene rings is 1. The van der Waals surface area contributed by atoms with Gasteiger partial charge in [0.15, 0.2) is 9.84 Å². The van der Waals surface area contributed by atoms with E-state index in [-0.39, 0.29) is 32.9 Å². The average Bonchev–Trinajstić information content (AvgIpc) is 2.71. The number of rotatable bonds is 4. The SMILES string of the molecule is CN(C)N([C@H]1CCS(=O)(=O)C1)S(=O)(=O)c1ccc(Cl)c(Cl)c1. The van der Waals surface area contributed by atoms with Crippen LogP contribution in [0.4, 0.5) is 0 Å². The van der Waals surface area contributed by atoms with Crippen LogP contribution < -0.4 is 0 Å². The van der Waals surface area contributed by atoms with Crippen LogP contribution in [0.15, 0.2) is 23.1 Å². The topological polar surface area (TPSA) is 74.8 Å². The molecule has 6 nitrogen and oxygen atoms in total. The number of hydrogen-bond acceptors (Lipinski definition) is 5. The van der Waals surface area contributed by atoms with E-state index in [1.165, 1.54) is 23.2 Å². The van der Waals surface area contributed by atoms with Gasteiger partial charge >= 0.3 is 0 Å². The minimum Gasteiger partial charge on any atom is -0.234 e. The first kappa shape index (κ1) is 18.0. The summed E-state index contributed by atoms with van der Waals surface area (Å²) < 4.78 is 50.0. The molecule has 0 N–H and O–H groups in total. The van der Waals surface area contributed by atoms with E-state index in [1.54, 1.807) is 14.1 Å². The number of hydrazine groups is 1. The summed E-state index contributed by atoms with van der Waals surface area (Å²) in [6.45, 7) is 0. The Labute approximate surface area is 140 Å². The van der Waals surface area contributed by atoms with Gasteiger partial charge in [-0.25, -0.2) is 21.8 Å². The Kier molecular flexibility index (Phi) is 5.11. The molecular formula is C12H16Cl2N2O4S2. The van der Waals surface area contributed by atoms with Crippen molar-refractivity contribution >= 4 is 43.1 Å². The molecule has 10 heteroatoms. The molecule has 0 saturated carbocycles. The fourth-order valence-electron chi connectivity index (χ4n) is 2.43. The molecule has 0 bridgehead atoms. The smallest absolute Gasteiger partial charge is 0.234 e. The van der Waals surface area contributed by atoms with Gasteiger partial charge in [-0.2, -0.15) is 0 Å². The Hall–Kier alpha value is -0.380. The van der Waals surface area contributed by atoms with Gasteiger partial charge in [0.25, 0.3) is 10.0 Å². The molecule has 1 aliphatic heterocycles. The van der Waals surface area contributed by atoms with Crippen LogP contribution in [0.25, 0.3) is 0 Å². The van der Waals surface area contributed by atoms with E-state index in [0.29, 0.717) is 0 Å². The molecular weight excluding hydrogens is 371 g/mol. The third kappa shape index (κ3) is 3.58. The molecule has 0 amide bonds. The summed E-state index contributed by atoms with van der Waals surface area (Å²) in [5.74, 6) is -0.204. The van der Waals surface area contributed by atoms with Gasteiger partial charge in [0.05, 0.1) is 32.5 Å². The summed E-state index contributed by atoms with van der Waals surface area (Å²) in [7, 11) is -4.02. The van der Waals surface area contributed by atoms with Gasteiger partial charge in [-0.15, -0.1) is 4.41 Å². The summed E-state index contributed by atoms with van der Waals surface area (Å²) in [5.41, 5.74) is 0. The Bertz CT molecular complexity index is 778. The lowest BCUT2D eigenvalue weighted by Crippen LogP contribution is -2.49. The zero-order valence-corrected chi connectivity index (χ0v) is 15.2. The van der Waals surface area contributed by atoms with Crippen molar-refractivity contribution in [3.63, 3.8) is 0 Å². The van der Waals surface area contributed by atoms with Gasteiger partial charge in [-0.3, -0.25) is 0 Å². The first-order chi connectivity index (χ1) is 10.0.